The number of nitriles is 1. The van der Waals surface area contributed by atoms with Crippen LogP contribution < -0.4 is 0 Å². The molecule has 3 N–H and O–H groups in total. The highest BCUT2D eigenvalue weighted by Crippen LogP contribution is 2.18. The third-order valence-electron chi connectivity index (χ3n) is 2.19. The maximum absolute atomic E-state index is 11.1. The summed E-state index contributed by atoms with van der Waals surface area (Å²) in [4.78, 5) is 32.6. The lowest BCUT2D eigenvalue weighted by Gasteiger charge is -2.05. The average Bonchev–Trinajstić information content (AvgIpc) is 2.34. The van der Waals surface area contributed by atoms with Crippen molar-refractivity contribution in [1.82, 2.24) is 0 Å². The maximum atomic E-state index is 11.1. The van der Waals surface area contributed by atoms with Crippen LogP contribution in [0.5, 0.6) is 0 Å². The second-order valence-corrected chi connectivity index (χ2v) is 3.36. The van der Waals surface area contributed by atoms with E-state index in [2.05, 4.69) is 0 Å². The molecule has 0 heterocycles. The standard InChI is InChI=1S/C12H7NO6/c13-5-7(10(14)15)4-6-2-1-3-8(11(16)17)9(6)12(18)19/h1-4H,(H,14,15)(H,16,17)(H,18,19)/b7-4+. The molecule has 0 spiro atoms. The van der Waals surface area contributed by atoms with Gasteiger partial charge in [0.05, 0.1) is 11.1 Å². The maximum Gasteiger partial charge on any atom is 0.346 e. The summed E-state index contributed by atoms with van der Waals surface area (Å²) in [5.74, 6) is -4.51. The van der Waals surface area contributed by atoms with Gasteiger partial charge in [0.1, 0.15) is 11.6 Å². The molecule has 96 valence electrons. The summed E-state index contributed by atoms with van der Waals surface area (Å²) in [5, 5.41) is 35.2. The second-order valence-electron chi connectivity index (χ2n) is 3.36. The van der Waals surface area contributed by atoms with Crippen molar-refractivity contribution in [3.8, 4) is 6.07 Å². The van der Waals surface area contributed by atoms with Gasteiger partial charge < -0.3 is 15.3 Å². The lowest BCUT2D eigenvalue weighted by molar-refractivity contribution is -0.132. The fourth-order valence-corrected chi connectivity index (χ4v) is 1.40. The van der Waals surface area contributed by atoms with Gasteiger partial charge in [0.2, 0.25) is 0 Å². The minimum atomic E-state index is -1.53. The lowest BCUT2D eigenvalue weighted by Crippen LogP contribution is -2.10. The second kappa shape index (κ2) is 5.46. The fourth-order valence-electron chi connectivity index (χ4n) is 1.40. The van der Waals surface area contributed by atoms with Crippen LogP contribution in [0.4, 0.5) is 0 Å². The molecule has 1 aromatic rings. The summed E-state index contributed by atoms with van der Waals surface area (Å²) in [5.41, 5.74) is -1.90. The van der Waals surface area contributed by atoms with Crippen molar-refractivity contribution in [3.05, 3.63) is 40.5 Å². The quantitative estimate of drug-likeness (QED) is 0.544. The normalized spacial score (nSPS) is 10.6. The van der Waals surface area contributed by atoms with Gasteiger partial charge in [-0.15, -0.1) is 0 Å². The van der Waals surface area contributed by atoms with Crippen molar-refractivity contribution in [2.45, 2.75) is 0 Å². The predicted octanol–water partition coefficient (Wildman–Crippen LogP) is 1.07. The Balaban J connectivity index is 3.58. The van der Waals surface area contributed by atoms with Gasteiger partial charge in [-0.25, -0.2) is 14.4 Å². The molecule has 0 radical (unpaired) electrons. The van der Waals surface area contributed by atoms with E-state index in [4.69, 9.17) is 20.6 Å². The number of aromatic carboxylic acids is 2. The van der Waals surface area contributed by atoms with Crippen molar-refractivity contribution >= 4 is 24.0 Å². The molecule has 0 fully saturated rings. The van der Waals surface area contributed by atoms with Crippen molar-refractivity contribution in [2.75, 3.05) is 0 Å². The summed E-state index contributed by atoms with van der Waals surface area (Å²) in [6.45, 7) is 0. The summed E-state index contributed by atoms with van der Waals surface area (Å²) in [7, 11) is 0. The number of nitrogens with zero attached hydrogens (tertiary/aromatic N) is 1. The number of carboxylic acid groups (broad SMARTS) is 3. The monoisotopic (exact) mass is 261 g/mol. The van der Waals surface area contributed by atoms with Crippen LogP contribution in [0.15, 0.2) is 23.8 Å². The van der Waals surface area contributed by atoms with Crippen molar-refractivity contribution in [3.63, 3.8) is 0 Å². The Morgan fingerprint density at radius 3 is 2.16 bits per heavy atom. The Morgan fingerprint density at radius 1 is 1.11 bits per heavy atom. The van der Waals surface area contributed by atoms with Gasteiger partial charge >= 0.3 is 17.9 Å². The summed E-state index contributed by atoms with van der Waals surface area (Å²) < 4.78 is 0. The van der Waals surface area contributed by atoms with Gasteiger partial charge in [0.15, 0.2) is 0 Å². The topological polar surface area (TPSA) is 136 Å². The van der Waals surface area contributed by atoms with Crippen LogP contribution in [-0.2, 0) is 4.79 Å². The molecular weight excluding hydrogens is 254 g/mol. The highest BCUT2D eigenvalue weighted by Gasteiger charge is 2.20. The zero-order valence-electron chi connectivity index (χ0n) is 9.32. The lowest BCUT2D eigenvalue weighted by atomic mass is 9.99. The van der Waals surface area contributed by atoms with Crippen molar-refractivity contribution in [2.24, 2.45) is 0 Å². The minimum Gasteiger partial charge on any atom is -0.478 e. The van der Waals surface area contributed by atoms with Crippen LogP contribution in [0.25, 0.3) is 6.08 Å². The van der Waals surface area contributed by atoms with Crippen LogP contribution in [-0.4, -0.2) is 33.2 Å². The third-order valence-corrected chi connectivity index (χ3v) is 2.19. The molecular formula is C12H7NO6. The molecule has 0 aliphatic heterocycles. The first kappa shape index (κ1) is 13.9. The first-order chi connectivity index (χ1) is 8.88. The van der Waals surface area contributed by atoms with Gasteiger partial charge in [0.25, 0.3) is 0 Å². The predicted molar refractivity (Wildman–Crippen MR) is 61.6 cm³/mol. The van der Waals surface area contributed by atoms with Crippen LogP contribution >= 0.6 is 0 Å². The molecule has 0 aliphatic rings. The van der Waals surface area contributed by atoms with Crippen LogP contribution in [0.1, 0.15) is 26.3 Å². The molecule has 0 aromatic heterocycles. The van der Waals surface area contributed by atoms with E-state index < -0.39 is 34.6 Å². The number of hydrogen-bond acceptors (Lipinski definition) is 4. The van der Waals surface area contributed by atoms with E-state index in [0.29, 0.717) is 0 Å². The Hall–Kier alpha value is -3.14. The van der Waals surface area contributed by atoms with E-state index >= 15 is 0 Å². The molecule has 0 aliphatic carbocycles. The van der Waals surface area contributed by atoms with Crippen molar-refractivity contribution in [1.29, 1.82) is 5.26 Å². The Morgan fingerprint density at radius 2 is 1.74 bits per heavy atom. The number of hydrogen-bond donors (Lipinski definition) is 3. The average molecular weight is 261 g/mol. The molecule has 0 saturated heterocycles. The van der Waals surface area contributed by atoms with E-state index in [9.17, 15) is 14.4 Å². The van der Waals surface area contributed by atoms with E-state index in [1.165, 1.54) is 18.2 Å². The first-order valence-electron chi connectivity index (χ1n) is 4.83. The number of carbonyl (C=O) groups is 3. The minimum absolute atomic E-state index is 0.161. The largest absolute Gasteiger partial charge is 0.478 e. The molecule has 0 atom stereocenters. The van der Waals surface area contributed by atoms with E-state index in [0.717, 1.165) is 12.1 Å². The molecule has 1 rings (SSSR count). The smallest absolute Gasteiger partial charge is 0.346 e. The van der Waals surface area contributed by atoms with Crippen molar-refractivity contribution < 1.29 is 29.7 Å². The number of carboxylic acids is 3. The van der Waals surface area contributed by atoms with E-state index in [-0.39, 0.29) is 5.56 Å². The summed E-state index contributed by atoms with van der Waals surface area (Å²) in [6, 6.07) is 4.95. The van der Waals surface area contributed by atoms with E-state index in [1.807, 2.05) is 0 Å². The van der Waals surface area contributed by atoms with Gasteiger partial charge in [-0.2, -0.15) is 5.26 Å². The number of aliphatic carboxylic acids is 1. The molecule has 7 heteroatoms. The van der Waals surface area contributed by atoms with E-state index in [1.54, 1.807) is 0 Å². The molecule has 19 heavy (non-hydrogen) atoms. The molecule has 0 bridgehead atoms. The summed E-state index contributed by atoms with van der Waals surface area (Å²) >= 11 is 0. The number of rotatable bonds is 4. The SMILES string of the molecule is N#C/C(=C\c1cccc(C(=O)O)c1C(=O)O)C(=O)O. The highest BCUT2D eigenvalue weighted by atomic mass is 16.4. The zero-order valence-corrected chi connectivity index (χ0v) is 9.32. The van der Waals surface area contributed by atoms with Crippen LogP contribution in [0.2, 0.25) is 0 Å². The number of benzene rings is 1. The third kappa shape index (κ3) is 2.95. The first-order valence-corrected chi connectivity index (χ1v) is 4.83. The molecule has 0 amide bonds. The Labute approximate surface area is 106 Å². The Bertz CT molecular complexity index is 638. The van der Waals surface area contributed by atoms with Gasteiger partial charge in [-0.3, -0.25) is 0 Å². The van der Waals surface area contributed by atoms with Crippen LogP contribution in [0, 0.1) is 11.3 Å². The van der Waals surface area contributed by atoms with Gasteiger partial charge in [0, 0.05) is 0 Å². The Kier molecular flexibility index (Phi) is 4.00. The fraction of sp³-hybridized carbons (Fsp3) is 0. The molecule has 0 unspecified atom stereocenters. The molecule has 1 aromatic carbocycles. The molecule has 7 nitrogen and oxygen atoms in total. The summed E-state index contributed by atoms with van der Waals surface area (Å²) in [6.07, 6.45) is 0.818. The zero-order chi connectivity index (χ0) is 14.6. The molecule has 0 saturated carbocycles. The van der Waals surface area contributed by atoms with Gasteiger partial charge in [-0.05, 0) is 17.7 Å². The van der Waals surface area contributed by atoms with Gasteiger partial charge in [-0.1, -0.05) is 12.1 Å². The van der Waals surface area contributed by atoms with Crippen LogP contribution in [0.3, 0.4) is 0 Å². The highest BCUT2D eigenvalue weighted by molar-refractivity contribution is 6.06.